The summed E-state index contributed by atoms with van der Waals surface area (Å²) in [5.41, 5.74) is 6.36. The van der Waals surface area contributed by atoms with E-state index >= 15 is 0 Å². The Balaban J connectivity index is 2.19. The van der Waals surface area contributed by atoms with Crippen LogP contribution >= 0.6 is 12.6 Å². The van der Waals surface area contributed by atoms with Crippen LogP contribution in [-0.2, 0) is 25.6 Å². The first-order valence-electron chi connectivity index (χ1n) is 9.93. The van der Waals surface area contributed by atoms with E-state index in [2.05, 4.69) is 23.3 Å². The van der Waals surface area contributed by atoms with Gasteiger partial charge in [-0.3, -0.25) is 14.4 Å². The summed E-state index contributed by atoms with van der Waals surface area (Å²) in [6.07, 6.45) is 1.10. The van der Waals surface area contributed by atoms with Crippen molar-refractivity contribution >= 4 is 36.3 Å². The molecule has 4 unspecified atom stereocenters. The number of carboxylic acids is 1. The zero-order chi connectivity index (χ0) is 23.0. The maximum absolute atomic E-state index is 13.3. The van der Waals surface area contributed by atoms with E-state index in [1.54, 1.807) is 24.3 Å². The number of aliphatic hydroxyl groups is 1. The summed E-state index contributed by atoms with van der Waals surface area (Å²) in [5, 5.41) is 23.2. The Morgan fingerprint density at radius 2 is 1.84 bits per heavy atom. The van der Waals surface area contributed by atoms with Crippen LogP contribution < -0.4 is 16.4 Å². The highest BCUT2D eigenvalue weighted by atomic mass is 32.1. The van der Waals surface area contributed by atoms with Crippen LogP contribution in [0.1, 0.15) is 18.4 Å². The zero-order valence-electron chi connectivity index (χ0n) is 16.9. The summed E-state index contributed by atoms with van der Waals surface area (Å²) in [6, 6.07) is 4.82. The quantitative estimate of drug-likeness (QED) is 0.236. The van der Waals surface area contributed by atoms with Crippen molar-refractivity contribution in [2.45, 2.75) is 43.4 Å². The van der Waals surface area contributed by atoms with E-state index < -0.39 is 54.5 Å². The molecule has 0 aliphatic carbocycles. The third-order valence-corrected chi connectivity index (χ3v) is 5.43. The van der Waals surface area contributed by atoms with E-state index in [9.17, 15) is 19.2 Å². The lowest BCUT2D eigenvalue weighted by atomic mass is 10.0. The van der Waals surface area contributed by atoms with Crippen molar-refractivity contribution < 1.29 is 29.4 Å². The number of rotatable bonds is 10. The van der Waals surface area contributed by atoms with Crippen molar-refractivity contribution in [2.75, 3.05) is 18.9 Å². The molecule has 0 spiro atoms. The van der Waals surface area contributed by atoms with Crippen LogP contribution in [0.2, 0.25) is 0 Å². The number of amides is 3. The Morgan fingerprint density at radius 1 is 1.16 bits per heavy atom. The molecule has 4 atom stereocenters. The number of nitrogens with two attached hydrogens (primary N) is 1. The van der Waals surface area contributed by atoms with Gasteiger partial charge in [0.25, 0.3) is 0 Å². The number of nitrogens with zero attached hydrogens (tertiary/aromatic N) is 1. The molecule has 1 aliphatic heterocycles. The van der Waals surface area contributed by atoms with E-state index in [0.29, 0.717) is 19.4 Å². The number of likely N-dealkylation sites (tertiary alicyclic amines) is 1. The van der Waals surface area contributed by atoms with Crippen molar-refractivity contribution in [3.05, 3.63) is 35.9 Å². The van der Waals surface area contributed by atoms with Crippen LogP contribution in [0.3, 0.4) is 0 Å². The third-order valence-electron chi connectivity index (χ3n) is 5.07. The van der Waals surface area contributed by atoms with Gasteiger partial charge in [0.2, 0.25) is 17.7 Å². The Hall–Kier alpha value is -2.63. The summed E-state index contributed by atoms with van der Waals surface area (Å²) >= 11 is 3.93. The minimum absolute atomic E-state index is 0.0898. The highest BCUT2D eigenvalue weighted by molar-refractivity contribution is 7.80. The number of hydrogen-bond acceptors (Lipinski definition) is 7. The lowest BCUT2D eigenvalue weighted by molar-refractivity contribution is -0.144. The predicted octanol–water partition coefficient (Wildman–Crippen LogP) is -1.48. The Kier molecular flexibility index (Phi) is 9.28. The van der Waals surface area contributed by atoms with Gasteiger partial charge in [-0.1, -0.05) is 30.3 Å². The second-order valence-electron chi connectivity index (χ2n) is 7.31. The first-order valence-corrected chi connectivity index (χ1v) is 10.6. The summed E-state index contributed by atoms with van der Waals surface area (Å²) in [6.45, 7) is -0.282. The van der Waals surface area contributed by atoms with E-state index in [-0.39, 0.29) is 12.2 Å². The largest absolute Gasteiger partial charge is 0.480 e. The monoisotopic (exact) mass is 452 g/mol. The molecule has 0 saturated carbocycles. The number of carbonyl (C=O) groups is 4. The molecule has 11 heteroatoms. The van der Waals surface area contributed by atoms with Gasteiger partial charge in [-0.05, 0) is 18.4 Å². The Morgan fingerprint density at radius 3 is 2.42 bits per heavy atom. The first-order chi connectivity index (χ1) is 14.8. The summed E-state index contributed by atoms with van der Waals surface area (Å²) in [4.78, 5) is 50.7. The predicted molar refractivity (Wildman–Crippen MR) is 115 cm³/mol. The lowest BCUT2D eigenvalue weighted by Crippen LogP contribution is -2.57. The van der Waals surface area contributed by atoms with Gasteiger partial charge in [-0.2, -0.15) is 12.6 Å². The average Bonchev–Trinajstić information content (AvgIpc) is 3.26. The molecule has 1 heterocycles. The summed E-state index contributed by atoms with van der Waals surface area (Å²) in [5.74, 6) is -3.04. The minimum Gasteiger partial charge on any atom is -0.480 e. The Bertz CT molecular complexity index is 793. The topological polar surface area (TPSA) is 162 Å². The molecule has 31 heavy (non-hydrogen) atoms. The van der Waals surface area contributed by atoms with Gasteiger partial charge >= 0.3 is 5.97 Å². The first kappa shape index (κ1) is 24.6. The fourth-order valence-electron chi connectivity index (χ4n) is 3.37. The van der Waals surface area contributed by atoms with Crippen molar-refractivity contribution in [1.29, 1.82) is 0 Å². The number of hydrogen-bond donors (Lipinski definition) is 6. The zero-order valence-corrected chi connectivity index (χ0v) is 17.8. The maximum Gasteiger partial charge on any atom is 0.327 e. The van der Waals surface area contributed by atoms with E-state index in [1.807, 2.05) is 6.07 Å². The summed E-state index contributed by atoms with van der Waals surface area (Å²) < 4.78 is 0. The Labute approximate surface area is 185 Å². The number of aliphatic carboxylic acids is 1. The van der Waals surface area contributed by atoms with Crippen LogP contribution in [0, 0.1) is 0 Å². The smallest absolute Gasteiger partial charge is 0.327 e. The number of aliphatic hydroxyl groups excluding tert-OH is 1. The molecule has 2 rings (SSSR count). The molecule has 0 radical (unpaired) electrons. The van der Waals surface area contributed by atoms with Crippen molar-refractivity contribution in [2.24, 2.45) is 5.73 Å². The minimum atomic E-state index is -1.22. The molecule has 1 aromatic rings. The van der Waals surface area contributed by atoms with Gasteiger partial charge < -0.3 is 31.5 Å². The lowest BCUT2D eigenvalue weighted by Gasteiger charge is -2.30. The van der Waals surface area contributed by atoms with E-state index in [1.165, 1.54) is 4.90 Å². The molecule has 10 nitrogen and oxygen atoms in total. The SMILES string of the molecule is NC(CO)C(=O)NC(Cc1ccccc1)C(=O)N1CCCC1C(=O)NC(CS)C(=O)O. The van der Waals surface area contributed by atoms with Gasteiger partial charge in [-0.25, -0.2) is 4.79 Å². The molecule has 1 saturated heterocycles. The van der Waals surface area contributed by atoms with Crippen LogP contribution in [0.4, 0.5) is 0 Å². The van der Waals surface area contributed by atoms with E-state index in [4.69, 9.17) is 15.9 Å². The van der Waals surface area contributed by atoms with E-state index in [0.717, 1.165) is 5.56 Å². The molecular formula is C20H28N4O6S. The van der Waals surface area contributed by atoms with Crippen molar-refractivity contribution in [3.8, 4) is 0 Å². The average molecular weight is 453 g/mol. The van der Waals surface area contributed by atoms with Gasteiger partial charge in [0.05, 0.1) is 6.61 Å². The molecule has 3 amide bonds. The van der Waals surface area contributed by atoms with Gasteiger partial charge in [0, 0.05) is 18.7 Å². The second kappa shape index (κ2) is 11.7. The van der Waals surface area contributed by atoms with Crippen LogP contribution in [-0.4, -0.2) is 81.9 Å². The number of benzene rings is 1. The number of carboxylic acid groups (broad SMARTS) is 1. The molecule has 1 aliphatic rings. The number of carbonyl (C=O) groups excluding carboxylic acids is 3. The second-order valence-corrected chi connectivity index (χ2v) is 7.68. The molecule has 1 fully saturated rings. The molecule has 0 aromatic heterocycles. The maximum atomic E-state index is 13.3. The molecular weight excluding hydrogens is 424 g/mol. The van der Waals surface area contributed by atoms with Crippen LogP contribution in [0.25, 0.3) is 0 Å². The van der Waals surface area contributed by atoms with Crippen molar-refractivity contribution in [3.63, 3.8) is 0 Å². The van der Waals surface area contributed by atoms with Gasteiger partial charge in [-0.15, -0.1) is 0 Å². The fourth-order valence-corrected chi connectivity index (χ4v) is 3.62. The molecule has 0 bridgehead atoms. The number of thiol groups is 1. The molecule has 170 valence electrons. The van der Waals surface area contributed by atoms with Gasteiger partial charge in [0.15, 0.2) is 0 Å². The standard InChI is InChI=1S/C20H28N4O6S/c21-13(10-25)17(26)22-14(9-12-5-2-1-3-6-12)19(28)24-8-4-7-16(24)18(27)23-15(11-31)20(29)30/h1-3,5-6,13-16,25,31H,4,7-11,21H2,(H,22,26)(H,23,27)(H,29,30). The molecule has 1 aromatic carbocycles. The van der Waals surface area contributed by atoms with Crippen LogP contribution in [0.5, 0.6) is 0 Å². The highest BCUT2D eigenvalue weighted by Crippen LogP contribution is 2.20. The normalized spacial score (nSPS) is 18.7. The van der Waals surface area contributed by atoms with Gasteiger partial charge in [0.1, 0.15) is 24.2 Å². The number of nitrogens with one attached hydrogen (secondary N) is 2. The fraction of sp³-hybridized carbons (Fsp3) is 0.500. The van der Waals surface area contributed by atoms with Crippen LogP contribution in [0.15, 0.2) is 30.3 Å². The van der Waals surface area contributed by atoms with Crippen molar-refractivity contribution in [1.82, 2.24) is 15.5 Å². The molecule has 6 N–H and O–H groups in total. The third kappa shape index (κ3) is 6.68. The summed E-state index contributed by atoms with van der Waals surface area (Å²) in [7, 11) is 0. The highest BCUT2D eigenvalue weighted by Gasteiger charge is 2.39.